The fourth-order valence-corrected chi connectivity index (χ4v) is 1.69. The quantitative estimate of drug-likeness (QED) is 0.601. The molecular weight excluding hydrogens is 152 g/mol. The zero-order valence-electron chi connectivity index (χ0n) is 7.87. The number of nitrogens with zero attached hydrogens (tertiary/aromatic N) is 1. The molecule has 0 aromatic carbocycles. The fraction of sp³-hybridized carbons (Fsp3) is 1.00. The van der Waals surface area contributed by atoms with Gasteiger partial charge in [0.1, 0.15) is 0 Å². The first-order valence-electron chi connectivity index (χ1n) is 4.86. The predicted octanol–water partition coefficient (Wildman–Crippen LogP) is 0.180. The Balaban J connectivity index is 2.29. The molecule has 3 heteroatoms. The first-order valence-corrected chi connectivity index (χ1v) is 4.86. The summed E-state index contributed by atoms with van der Waals surface area (Å²) in [6.07, 6.45) is 3.64. The van der Waals surface area contributed by atoms with E-state index in [1.54, 1.807) is 0 Å². The van der Waals surface area contributed by atoms with Crippen LogP contribution in [0.15, 0.2) is 0 Å². The lowest BCUT2D eigenvalue weighted by Gasteiger charge is -2.27. The molecule has 0 saturated heterocycles. The summed E-state index contributed by atoms with van der Waals surface area (Å²) in [5.41, 5.74) is 5.49. The molecule has 0 heterocycles. The van der Waals surface area contributed by atoms with Crippen molar-refractivity contribution in [2.24, 2.45) is 5.73 Å². The highest BCUT2D eigenvalue weighted by Crippen LogP contribution is 2.28. The SMILES string of the molecule is CC(CCN)N(CCO)C1CC1. The Kier molecular flexibility index (Phi) is 3.98. The molecule has 1 unspecified atom stereocenters. The van der Waals surface area contributed by atoms with Crippen LogP contribution in [0.25, 0.3) is 0 Å². The Morgan fingerprint density at radius 3 is 2.67 bits per heavy atom. The summed E-state index contributed by atoms with van der Waals surface area (Å²) in [5, 5.41) is 8.86. The summed E-state index contributed by atoms with van der Waals surface area (Å²) in [5.74, 6) is 0. The first kappa shape index (κ1) is 9.96. The summed E-state index contributed by atoms with van der Waals surface area (Å²) >= 11 is 0. The molecule has 0 aromatic rings. The molecule has 1 aliphatic rings. The van der Waals surface area contributed by atoms with E-state index in [0.29, 0.717) is 6.04 Å². The van der Waals surface area contributed by atoms with Crippen molar-refractivity contribution in [3.63, 3.8) is 0 Å². The van der Waals surface area contributed by atoms with E-state index in [-0.39, 0.29) is 6.61 Å². The van der Waals surface area contributed by atoms with Crippen molar-refractivity contribution in [3.05, 3.63) is 0 Å². The van der Waals surface area contributed by atoms with Crippen LogP contribution in [-0.4, -0.2) is 41.8 Å². The largest absolute Gasteiger partial charge is 0.395 e. The number of aliphatic hydroxyl groups excluding tert-OH is 1. The molecule has 0 radical (unpaired) electrons. The molecule has 3 nitrogen and oxygen atoms in total. The van der Waals surface area contributed by atoms with Gasteiger partial charge in [0.15, 0.2) is 0 Å². The smallest absolute Gasteiger partial charge is 0.0558 e. The van der Waals surface area contributed by atoms with Crippen molar-refractivity contribution in [2.75, 3.05) is 19.7 Å². The topological polar surface area (TPSA) is 49.5 Å². The lowest BCUT2D eigenvalue weighted by Crippen LogP contribution is -2.38. The second kappa shape index (κ2) is 4.80. The second-order valence-corrected chi connectivity index (χ2v) is 3.62. The lowest BCUT2D eigenvalue weighted by molar-refractivity contribution is 0.146. The molecule has 12 heavy (non-hydrogen) atoms. The van der Waals surface area contributed by atoms with Crippen LogP contribution in [-0.2, 0) is 0 Å². The van der Waals surface area contributed by atoms with Gasteiger partial charge in [0.2, 0.25) is 0 Å². The number of hydrogen-bond acceptors (Lipinski definition) is 3. The molecule has 0 aliphatic heterocycles. The third-order valence-electron chi connectivity index (χ3n) is 2.52. The van der Waals surface area contributed by atoms with Crippen molar-refractivity contribution in [2.45, 2.75) is 38.3 Å². The molecule has 0 spiro atoms. The van der Waals surface area contributed by atoms with E-state index < -0.39 is 0 Å². The number of hydrogen-bond donors (Lipinski definition) is 2. The van der Waals surface area contributed by atoms with Gasteiger partial charge in [0.05, 0.1) is 6.61 Å². The van der Waals surface area contributed by atoms with Gasteiger partial charge in [-0.05, 0) is 32.7 Å². The van der Waals surface area contributed by atoms with Gasteiger partial charge in [-0.3, -0.25) is 4.90 Å². The molecular formula is C9H20N2O. The van der Waals surface area contributed by atoms with Gasteiger partial charge in [-0.25, -0.2) is 0 Å². The summed E-state index contributed by atoms with van der Waals surface area (Å²) in [4.78, 5) is 2.38. The molecule has 1 saturated carbocycles. The molecule has 3 N–H and O–H groups in total. The third-order valence-corrected chi connectivity index (χ3v) is 2.52. The van der Waals surface area contributed by atoms with Gasteiger partial charge in [0.25, 0.3) is 0 Å². The maximum absolute atomic E-state index is 8.86. The molecule has 0 aromatic heterocycles. The lowest BCUT2D eigenvalue weighted by atomic mass is 10.2. The van der Waals surface area contributed by atoms with E-state index in [0.717, 1.165) is 25.6 Å². The standard InChI is InChI=1S/C9H20N2O/c1-8(4-5-10)11(6-7-12)9-2-3-9/h8-9,12H,2-7,10H2,1H3. The van der Waals surface area contributed by atoms with Gasteiger partial charge >= 0.3 is 0 Å². The highest BCUT2D eigenvalue weighted by molar-refractivity contribution is 4.87. The van der Waals surface area contributed by atoms with Crippen LogP contribution in [0.5, 0.6) is 0 Å². The van der Waals surface area contributed by atoms with Crippen LogP contribution >= 0.6 is 0 Å². The Morgan fingerprint density at radius 2 is 2.25 bits per heavy atom. The van der Waals surface area contributed by atoms with E-state index in [4.69, 9.17) is 10.8 Å². The van der Waals surface area contributed by atoms with Gasteiger partial charge in [-0.2, -0.15) is 0 Å². The van der Waals surface area contributed by atoms with Crippen LogP contribution < -0.4 is 5.73 Å². The first-order chi connectivity index (χ1) is 5.79. The molecule has 0 amide bonds. The number of rotatable bonds is 6. The molecule has 1 rings (SSSR count). The molecule has 0 bridgehead atoms. The summed E-state index contributed by atoms with van der Waals surface area (Å²) in [6.45, 7) is 4.02. The minimum absolute atomic E-state index is 0.269. The van der Waals surface area contributed by atoms with E-state index in [9.17, 15) is 0 Å². The Labute approximate surface area is 74.5 Å². The number of nitrogens with two attached hydrogens (primary N) is 1. The van der Waals surface area contributed by atoms with Crippen LogP contribution in [0.4, 0.5) is 0 Å². The van der Waals surface area contributed by atoms with Crippen LogP contribution in [0.2, 0.25) is 0 Å². The van der Waals surface area contributed by atoms with Crippen molar-refractivity contribution in [1.82, 2.24) is 4.90 Å². The Morgan fingerprint density at radius 1 is 1.58 bits per heavy atom. The minimum Gasteiger partial charge on any atom is -0.395 e. The van der Waals surface area contributed by atoms with Crippen LogP contribution in [0.1, 0.15) is 26.2 Å². The van der Waals surface area contributed by atoms with Crippen LogP contribution in [0.3, 0.4) is 0 Å². The fourth-order valence-electron chi connectivity index (χ4n) is 1.69. The van der Waals surface area contributed by atoms with E-state index in [1.165, 1.54) is 12.8 Å². The van der Waals surface area contributed by atoms with Crippen LogP contribution in [0, 0.1) is 0 Å². The van der Waals surface area contributed by atoms with Gasteiger partial charge in [-0.1, -0.05) is 0 Å². The predicted molar refractivity (Wildman–Crippen MR) is 49.9 cm³/mol. The Hall–Kier alpha value is -0.120. The maximum Gasteiger partial charge on any atom is 0.0558 e. The second-order valence-electron chi connectivity index (χ2n) is 3.62. The molecule has 1 fully saturated rings. The maximum atomic E-state index is 8.86. The summed E-state index contributed by atoms with van der Waals surface area (Å²) in [6, 6.07) is 1.27. The Bertz CT molecular complexity index is 126. The normalized spacial score (nSPS) is 20.0. The average molecular weight is 172 g/mol. The summed E-state index contributed by atoms with van der Waals surface area (Å²) < 4.78 is 0. The van der Waals surface area contributed by atoms with Gasteiger partial charge in [0, 0.05) is 18.6 Å². The average Bonchev–Trinajstić information content (AvgIpc) is 2.83. The van der Waals surface area contributed by atoms with Crippen molar-refractivity contribution in [3.8, 4) is 0 Å². The number of aliphatic hydroxyl groups is 1. The highest BCUT2D eigenvalue weighted by atomic mass is 16.3. The third kappa shape index (κ3) is 2.73. The van der Waals surface area contributed by atoms with E-state index in [1.807, 2.05) is 0 Å². The van der Waals surface area contributed by atoms with Crippen molar-refractivity contribution in [1.29, 1.82) is 0 Å². The zero-order chi connectivity index (χ0) is 8.97. The highest BCUT2D eigenvalue weighted by Gasteiger charge is 2.31. The van der Waals surface area contributed by atoms with E-state index in [2.05, 4.69) is 11.8 Å². The molecule has 1 aliphatic carbocycles. The van der Waals surface area contributed by atoms with Crippen molar-refractivity contribution < 1.29 is 5.11 Å². The van der Waals surface area contributed by atoms with E-state index >= 15 is 0 Å². The monoisotopic (exact) mass is 172 g/mol. The molecule has 1 atom stereocenters. The van der Waals surface area contributed by atoms with Gasteiger partial charge < -0.3 is 10.8 Å². The molecule has 72 valence electrons. The van der Waals surface area contributed by atoms with Gasteiger partial charge in [-0.15, -0.1) is 0 Å². The minimum atomic E-state index is 0.269. The zero-order valence-corrected chi connectivity index (χ0v) is 7.87. The van der Waals surface area contributed by atoms with Crippen molar-refractivity contribution >= 4 is 0 Å². The summed E-state index contributed by atoms with van der Waals surface area (Å²) in [7, 11) is 0.